The number of amides is 2. The van der Waals surface area contributed by atoms with Gasteiger partial charge in [0.2, 0.25) is 5.91 Å². The predicted molar refractivity (Wildman–Crippen MR) is 98.4 cm³/mol. The summed E-state index contributed by atoms with van der Waals surface area (Å²) in [7, 11) is 0. The maximum absolute atomic E-state index is 15.0. The number of alkyl carbamates (subject to hydrolysis) is 1. The maximum atomic E-state index is 15.0. The molecule has 2 saturated carbocycles. The zero-order valence-electron chi connectivity index (χ0n) is 16.7. The number of hydrogen-bond acceptors (Lipinski definition) is 5. The lowest BCUT2D eigenvalue weighted by molar-refractivity contribution is -0.156. The Labute approximate surface area is 164 Å². The van der Waals surface area contributed by atoms with E-state index in [9.17, 15) is 19.5 Å². The number of carbonyl (C=O) groups excluding carboxylic acids is 2. The third-order valence-corrected chi connectivity index (χ3v) is 5.45. The van der Waals surface area contributed by atoms with Crippen molar-refractivity contribution in [2.24, 2.45) is 0 Å². The van der Waals surface area contributed by atoms with Gasteiger partial charge >= 0.3 is 12.1 Å². The van der Waals surface area contributed by atoms with Gasteiger partial charge in [-0.25, -0.2) is 14.0 Å². The molecule has 0 aromatic heterocycles. The zero-order valence-corrected chi connectivity index (χ0v) is 16.7. The van der Waals surface area contributed by atoms with E-state index < -0.39 is 46.9 Å². The summed E-state index contributed by atoms with van der Waals surface area (Å²) in [4.78, 5) is 36.2. The van der Waals surface area contributed by atoms with Crippen LogP contribution in [0.3, 0.4) is 0 Å². The lowest BCUT2D eigenvalue weighted by atomic mass is 9.72. The summed E-state index contributed by atoms with van der Waals surface area (Å²) in [5, 5.41) is 24.1. The molecule has 0 saturated heterocycles. The van der Waals surface area contributed by atoms with Crippen LogP contribution in [-0.2, 0) is 14.3 Å². The van der Waals surface area contributed by atoms with Crippen LogP contribution in [0.5, 0.6) is 0 Å². The Kier molecular flexibility index (Phi) is 6.58. The number of aliphatic carboxylic acids is 1. The fourth-order valence-corrected chi connectivity index (χ4v) is 3.83. The van der Waals surface area contributed by atoms with E-state index >= 15 is 4.39 Å². The fraction of sp³-hybridized carbons (Fsp3) is 0.842. The van der Waals surface area contributed by atoms with E-state index in [1.54, 1.807) is 20.8 Å². The van der Waals surface area contributed by atoms with Crippen molar-refractivity contribution in [3.05, 3.63) is 0 Å². The number of alkyl halides is 1. The summed E-state index contributed by atoms with van der Waals surface area (Å²) < 4.78 is 20.2. The van der Waals surface area contributed by atoms with Crippen LogP contribution in [0.2, 0.25) is 0 Å². The van der Waals surface area contributed by atoms with Gasteiger partial charge < -0.3 is 25.6 Å². The molecule has 2 aliphatic carbocycles. The predicted octanol–water partition coefficient (Wildman–Crippen LogP) is 2.04. The number of aliphatic hydroxyl groups is 1. The van der Waals surface area contributed by atoms with Crippen LogP contribution < -0.4 is 10.6 Å². The van der Waals surface area contributed by atoms with Crippen molar-refractivity contribution in [3.63, 3.8) is 0 Å². The molecule has 0 bridgehead atoms. The average molecular weight is 402 g/mol. The number of carboxylic acids is 1. The van der Waals surface area contributed by atoms with Crippen LogP contribution in [0, 0.1) is 0 Å². The Morgan fingerprint density at radius 1 is 1.11 bits per heavy atom. The zero-order chi connectivity index (χ0) is 21.2. The molecule has 0 aromatic rings. The van der Waals surface area contributed by atoms with E-state index in [0.29, 0.717) is 44.9 Å². The third-order valence-electron chi connectivity index (χ3n) is 5.45. The highest BCUT2D eigenvalue weighted by Crippen LogP contribution is 2.38. The van der Waals surface area contributed by atoms with Gasteiger partial charge in [0, 0.05) is 6.42 Å². The minimum absolute atomic E-state index is 0.225. The highest BCUT2D eigenvalue weighted by atomic mass is 19.1. The van der Waals surface area contributed by atoms with Gasteiger partial charge in [0.05, 0.1) is 5.54 Å². The van der Waals surface area contributed by atoms with E-state index in [2.05, 4.69) is 10.6 Å². The van der Waals surface area contributed by atoms with Gasteiger partial charge in [0.15, 0.2) is 6.10 Å². The molecule has 2 unspecified atom stereocenters. The summed E-state index contributed by atoms with van der Waals surface area (Å²) in [5.74, 6) is -2.15. The highest BCUT2D eigenvalue weighted by Gasteiger charge is 2.50. The molecule has 0 spiro atoms. The summed E-state index contributed by atoms with van der Waals surface area (Å²) in [5.41, 5.74) is -3.66. The second-order valence-electron chi connectivity index (χ2n) is 9.00. The molecule has 9 heteroatoms. The van der Waals surface area contributed by atoms with E-state index in [1.165, 1.54) is 0 Å². The maximum Gasteiger partial charge on any atom is 0.408 e. The number of rotatable bonds is 7. The first kappa shape index (κ1) is 22.4. The number of carbonyl (C=O) groups is 3. The van der Waals surface area contributed by atoms with Crippen molar-refractivity contribution < 1.29 is 33.7 Å². The van der Waals surface area contributed by atoms with Gasteiger partial charge in [-0.05, 0) is 52.9 Å². The van der Waals surface area contributed by atoms with Crippen molar-refractivity contribution in [1.82, 2.24) is 10.6 Å². The quantitative estimate of drug-likeness (QED) is 0.516. The summed E-state index contributed by atoms with van der Waals surface area (Å²) in [6, 6.07) is -1.23. The number of halogens is 1. The van der Waals surface area contributed by atoms with Crippen molar-refractivity contribution in [2.45, 2.75) is 101 Å². The molecular weight excluding hydrogens is 371 g/mol. The number of aliphatic hydroxyl groups excluding tert-OH is 1. The molecule has 0 aromatic carbocycles. The van der Waals surface area contributed by atoms with Gasteiger partial charge in [-0.1, -0.05) is 12.8 Å². The van der Waals surface area contributed by atoms with Crippen molar-refractivity contribution in [1.29, 1.82) is 0 Å². The molecule has 2 aliphatic rings. The van der Waals surface area contributed by atoms with E-state index in [-0.39, 0.29) is 6.42 Å². The Bertz CT molecular complexity index is 608. The first-order valence-electron chi connectivity index (χ1n) is 9.77. The lowest BCUT2D eigenvalue weighted by Gasteiger charge is -2.45. The second-order valence-corrected chi connectivity index (χ2v) is 9.00. The van der Waals surface area contributed by atoms with Gasteiger partial charge in [-0.3, -0.25) is 4.79 Å². The van der Waals surface area contributed by atoms with E-state index in [0.717, 1.165) is 0 Å². The number of carboxylic acid groups (broad SMARTS) is 1. The van der Waals surface area contributed by atoms with Gasteiger partial charge in [0.25, 0.3) is 0 Å². The summed E-state index contributed by atoms with van der Waals surface area (Å²) in [6.45, 7) is 5.01. The minimum atomic E-state index is -1.77. The third kappa shape index (κ3) is 5.56. The van der Waals surface area contributed by atoms with Gasteiger partial charge in [-0.15, -0.1) is 0 Å². The largest absolute Gasteiger partial charge is 0.479 e. The Morgan fingerprint density at radius 2 is 1.68 bits per heavy atom. The summed E-state index contributed by atoms with van der Waals surface area (Å²) >= 11 is 0. The Balaban J connectivity index is 2.13. The first-order chi connectivity index (χ1) is 12.9. The molecular formula is C19H31FN2O6. The normalized spacial score (nSPS) is 22.5. The molecule has 0 heterocycles. The first-order valence-corrected chi connectivity index (χ1v) is 9.77. The van der Waals surface area contributed by atoms with Crippen LogP contribution in [0.25, 0.3) is 0 Å². The summed E-state index contributed by atoms with van der Waals surface area (Å²) in [6.07, 6.45) is 0.426. The Hall–Kier alpha value is -1.90. The average Bonchev–Trinajstić information content (AvgIpc) is 2.93. The number of ether oxygens (including phenoxy) is 1. The monoisotopic (exact) mass is 402 g/mol. The number of hydrogen-bond donors (Lipinski definition) is 4. The van der Waals surface area contributed by atoms with Crippen molar-refractivity contribution >= 4 is 18.0 Å². The molecule has 2 amide bonds. The molecule has 2 atom stereocenters. The van der Waals surface area contributed by atoms with Crippen LogP contribution in [0.15, 0.2) is 0 Å². The fourth-order valence-electron chi connectivity index (χ4n) is 3.83. The van der Waals surface area contributed by atoms with Crippen molar-refractivity contribution in [2.75, 3.05) is 0 Å². The SMILES string of the molecule is CC(C)(C)OC(=O)NC(CC1(F)CCCC1)C(=O)NC1(C(O)C(=O)O)CCC1. The van der Waals surface area contributed by atoms with Crippen LogP contribution in [0.1, 0.15) is 72.1 Å². The van der Waals surface area contributed by atoms with Crippen LogP contribution in [-0.4, -0.2) is 57.1 Å². The van der Waals surface area contributed by atoms with Gasteiger partial charge in [-0.2, -0.15) is 0 Å². The van der Waals surface area contributed by atoms with Crippen LogP contribution in [0.4, 0.5) is 9.18 Å². The molecule has 0 radical (unpaired) electrons. The standard InChI is InChI=1S/C19H31FN2O6/c1-17(2,3)28-16(27)21-12(11-18(20)7-4-5-8-18)14(24)22-19(9-6-10-19)13(23)15(25)26/h12-13,23H,4-11H2,1-3H3,(H,21,27)(H,22,24)(H,25,26). The Morgan fingerprint density at radius 3 is 2.11 bits per heavy atom. The molecule has 4 N–H and O–H groups in total. The van der Waals surface area contributed by atoms with Crippen LogP contribution >= 0.6 is 0 Å². The molecule has 2 rings (SSSR count). The molecule has 28 heavy (non-hydrogen) atoms. The molecule has 8 nitrogen and oxygen atoms in total. The number of nitrogens with one attached hydrogen (secondary N) is 2. The molecule has 0 aliphatic heterocycles. The second kappa shape index (κ2) is 8.23. The van der Waals surface area contributed by atoms with Crippen molar-refractivity contribution in [3.8, 4) is 0 Å². The molecule has 2 fully saturated rings. The highest BCUT2D eigenvalue weighted by molar-refractivity contribution is 5.87. The smallest absolute Gasteiger partial charge is 0.408 e. The van der Waals surface area contributed by atoms with E-state index in [1.807, 2.05) is 0 Å². The lowest BCUT2D eigenvalue weighted by Crippen LogP contribution is -2.66. The van der Waals surface area contributed by atoms with E-state index in [4.69, 9.17) is 9.84 Å². The minimum Gasteiger partial charge on any atom is -0.479 e. The van der Waals surface area contributed by atoms with Gasteiger partial charge in [0.1, 0.15) is 17.3 Å². The molecule has 160 valence electrons. The topological polar surface area (TPSA) is 125 Å².